The molecule has 3 aromatic rings. The number of ether oxygens (including phenoxy) is 1. The molecule has 144 valence electrons. The maximum atomic E-state index is 11.1. The molecule has 0 saturated carbocycles. The molecule has 5 rings (SSSR count). The zero-order valence-corrected chi connectivity index (χ0v) is 15.6. The lowest BCUT2D eigenvalue weighted by atomic mass is 10.0. The molecule has 28 heavy (non-hydrogen) atoms. The largest absolute Gasteiger partial charge is 0.492 e. The maximum absolute atomic E-state index is 11.1. The quantitative estimate of drug-likeness (QED) is 0.751. The number of likely N-dealkylation sites (tertiary alicyclic amines) is 1. The Morgan fingerprint density at radius 1 is 1.21 bits per heavy atom. The first kappa shape index (κ1) is 17.2. The van der Waals surface area contributed by atoms with Gasteiger partial charge < -0.3 is 9.15 Å². The van der Waals surface area contributed by atoms with E-state index in [9.17, 15) is 4.79 Å². The second-order valence-corrected chi connectivity index (χ2v) is 7.41. The molecule has 2 aliphatic heterocycles. The molecule has 1 fully saturated rings. The van der Waals surface area contributed by atoms with Gasteiger partial charge in [0.1, 0.15) is 5.75 Å². The average molecular weight is 378 g/mol. The van der Waals surface area contributed by atoms with Gasteiger partial charge in [-0.3, -0.25) is 9.88 Å². The van der Waals surface area contributed by atoms with Crippen LogP contribution in [0, 0.1) is 0 Å². The summed E-state index contributed by atoms with van der Waals surface area (Å²) in [5.74, 6) is 0.734. The van der Waals surface area contributed by atoms with E-state index in [2.05, 4.69) is 38.3 Å². The first-order chi connectivity index (χ1) is 13.8. The van der Waals surface area contributed by atoms with Crippen LogP contribution in [0.1, 0.15) is 42.1 Å². The van der Waals surface area contributed by atoms with Crippen LogP contribution in [0.5, 0.6) is 5.75 Å². The third kappa shape index (κ3) is 3.33. The van der Waals surface area contributed by atoms with Gasteiger partial charge in [-0.15, -0.1) is 5.10 Å². The molecule has 1 saturated heterocycles. The second-order valence-electron chi connectivity index (χ2n) is 7.41. The third-order valence-corrected chi connectivity index (χ3v) is 5.54. The van der Waals surface area contributed by atoms with Crippen molar-refractivity contribution in [2.24, 2.45) is 0 Å². The van der Waals surface area contributed by atoms with Gasteiger partial charge in [0.05, 0.1) is 12.3 Å². The molecule has 2 aromatic heterocycles. The number of H-pyrrole nitrogens is 1. The topological polar surface area (TPSA) is 84.2 Å². The molecule has 0 spiro atoms. The molecule has 7 heteroatoms. The highest BCUT2D eigenvalue weighted by Gasteiger charge is 2.27. The monoisotopic (exact) mass is 378 g/mol. The highest BCUT2D eigenvalue weighted by Crippen LogP contribution is 2.36. The van der Waals surface area contributed by atoms with E-state index >= 15 is 0 Å². The Kier molecular flexibility index (Phi) is 4.44. The number of hydrogen-bond acceptors (Lipinski definition) is 6. The van der Waals surface area contributed by atoms with E-state index in [4.69, 9.17) is 9.15 Å². The minimum absolute atomic E-state index is 0.315. The smallest absolute Gasteiger partial charge is 0.434 e. The number of benzene rings is 1. The zero-order chi connectivity index (χ0) is 18.9. The number of fused-ring (bicyclic) bond motifs is 1. The fourth-order valence-electron chi connectivity index (χ4n) is 4.14. The van der Waals surface area contributed by atoms with Gasteiger partial charge >= 0.3 is 5.76 Å². The third-order valence-electron chi connectivity index (χ3n) is 5.54. The molecular weight excluding hydrogens is 356 g/mol. The number of aromatic amines is 1. The van der Waals surface area contributed by atoms with Crippen molar-refractivity contribution in [1.29, 1.82) is 0 Å². The van der Waals surface area contributed by atoms with E-state index < -0.39 is 5.76 Å². The van der Waals surface area contributed by atoms with Crippen LogP contribution in [0.3, 0.4) is 0 Å². The molecule has 1 atom stereocenters. The Morgan fingerprint density at radius 3 is 2.93 bits per heavy atom. The number of nitrogens with zero attached hydrogens (tertiary/aromatic N) is 3. The lowest BCUT2D eigenvalue weighted by Gasteiger charge is -2.26. The van der Waals surface area contributed by atoms with Crippen LogP contribution in [0.25, 0.3) is 11.5 Å². The summed E-state index contributed by atoms with van der Waals surface area (Å²) < 4.78 is 10.8. The van der Waals surface area contributed by atoms with Gasteiger partial charge in [-0.1, -0.05) is 12.1 Å². The Bertz CT molecular complexity index is 1020. The van der Waals surface area contributed by atoms with Crippen LogP contribution >= 0.6 is 0 Å². The van der Waals surface area contributed by atoms with Crippen molar-refractivity contribution >= 4 is 0 Å². The van der Waals surface area contributed by atoms with Gasteiger partial charge in [-0.2, -0.15) is 0 Å². The van der Waals surface area contributed by atoms with Crippen molar-refractivity contribution in [3.8, 4) is 17.2 Å². The van der Waals surface area contributed by atoms with Gasteiger partial charge in [-0.25, -0.2) is 9.89 Å². The fourth-order valence-corrected chi connectivity index (χ4v) is 4.14. The molecule has 7 nitrogen and oxygen atoms in total. The molecule has 0 aliphatic carbocycles. The summed E-state index contributed by atoms with van der Waals surface area (Å²) in [5, 5.41) is 6.16. The van der Waals surface area contributed by atoms with Crippen LogP contribution in [0.15, 0.2) is 45.7 Å². The summed E-state index contributed by atoms with van der Waals surface area (Å²) in [5.41, 5.74) is 4.33. The number of nitrogens with one attached hydrogen (secondary N) is 1. The van der Waals surface area contributed by atoms with Gasteiger partial charge in [0.2, 0.25) is 5.89 Å². The van der Waals surface area contributed by atoms with Gasteiger partial charge in [0, 0.05) is 24.3 Å². The van der Waals surface area contributed by atoms with Crippen LogP contribution in [0.2, 0.25) is 0 Å². The van der Waals surface area contributed by atoms with E-state index in [1.807, 2.05) is 18.3 Å². The highest BCUT2D eigenvalue weighted by molar-refractivity contribution is 5.52. The minimum Gasteiger partial charge on any atom is -0.492 e. The van der Waals surface area contributed by atoms with Crippen LogP contribution in [0.4, 0.5) is 0 Å². The van der Waals surface area contributed by atoms with Crippen molar-refractivity contribution in [3.63, 3.8) is 0 Å². The van der Waals surface area contributed by atoms with E-state index in [-0.39, 0.29) is 0 Å². The summed E-state index contributed by atoms with van der Waals surface area (Å²) in [4.78, 5) is 18.3. The lowest BCUT2D eigenvalue weighted by molar-refractivity contribution is 0.245. The lowest BCUT2D eigenvalue weighted by Crippen LogP contribution is -2.23. The average Bonchev–Trinajstić information content (AvgIpc) is 3.37. The molecule has 0 radical (unpaired) electrons. The molecule has 1 aromatic carbocycles. The van der Waals surface area contributed by atoms with Crippen molar-refractivity contribution in [2.75, 3.05) is 13.2 Å². The normalized spacial score (nSPS) is 19.4. The fraction of sp³-hybridized carbons (Fsp3) is 0.381. The molecule has 2 aliphatic rings. The molecular formula is C21H22N4O3. The van der Waals surface area contributed by atoms with Crippen molar-refractivity contribution < 1.29 is 9.15 Å². The van der Waals surface area contributed by atoms with E-state index in [1.54, 1.807) is 0 Å². The molecule has 0 bridgehead atoms. The van der Waals surface area contributed by atoms with Gasteiger partial charge in [0.15, 0.2) is 0 Å². The Morgan fingerprint density at radius 2 is 2.11 bits per heavy atom. The maximum Gasteiger partial charge on any atom is 0.434 e. The zero-order valence-electron chi connectivity index (χ0n) is 15.6. The van der Waals surface area contributed by atoms with Gasteiger partial charge in [0.25, 0.3) is 0 Å². The minimum atomic E-state index is -0.540. The summed E-state index contributed by atoms with van der Waals surface area (Å²) in [7, 11) is 0. The highest BCUT2D eigenvalue weighted by atomic mass is 16.5. The molecule has 0 amide bonds. The summed E-state index contributed by atoms with van der Waals surface area (Å²) in [6.45, 7) is 2.72. The van der Waals surface area contributed by atoms with E-state index in [0.29, 0.717) is 11.9 Å². The van der Waals surface area contributed by atoms with Crippen molar-refractivity contribution in [1.82, 2.24) is 20.1 Å². The van der Waals surface area contributed by atoms with E-state index in [0.717, 1.165) is 56.0 Å². The standard InChI is InChI=1S/C21H22N4O3/c26-21-24-23-20(28-21)15-7-5-14(6-8-15)13-25-9-1-4-18(25)16-11-19-17(22-12-16)3-2-10-27-19/h5-8,11-12,18H,1-4,9-10,13H2,(H,24,26)/t18-/m1/s1. The predicted molar refractivity (Wildman–Crippen MR) is 103 cm³/mol. The Balaban J connectivity index is 1.32. The van der Waals surface area contributed by atoms with Crippen molar-refractivity contribution in [2.45, 2.75) is 38.3 Å². The summed E-state index contributed by atoms with van der Waals surface area (Å²) >= 11 is 0. The molecule has 1 N–H and O–H groups in total. The summed E-state index contributed by atoms with van der Waals surface area (Å²) in [6.07, 6.45) is 6.40. The number of rotatable bonds is 4. The predicted octanol–water partition coefficient (Wildman–Crippen LogP) is 3.09. The Labute approximate surface area is 162 Å². The summed E-state index contributed by atoms with van der Waals surface area (Å²) in [6, 6.07) is 10.6. The second kappa shape index (κ2) is 7.24. The number of hydrogen-bond donors (Lipinski definition) is 1. The SMILES string of the molecule is O=c1[nH]nc(-c2ccc(CN3CCC[C@@H]3c3cnc4c(c3)OCCC4)cc2)o1. The molecule has 0 unspecified atom stereocenters. The van der Waals surface area contributed by atoms with Crippen molar-refractivity contribution in [3.05, 3.63) is 63.9 Å². The van der Waals surface area contributed by atoms with E-state index in [1.165, 1.54) is 17.5 Å². The van der Waals surface area contributed by atoms with Crippen LogP contribution in [-0.4, -0.2) is 33.2 Å². The van der Waals surface area contributed by atoms with Crippen LogP contribution < -0.4 is 10.5 Å². The van der Waals surface area contributed by atoms with Gasteiger partial charge in [-0.05, 0) is 61.6 Å². The molecule has 4 heterocycles. The first-order valence-electron chi connectivity index (χ1n) is 9.77. The number of pyridine rings is 1. The Hall–Kier alpha value is -2.93. The first-order valence-corrected chi connectivity index (χ1v) is 9.77. The number of aryl methyl sites for hydroxylation is 1. The van der Waals surface area contributed by atoms with Crippen LogP contribution in [-0.2, 0) is 13.0 Å². The number of aromatic nitrogens is 3.